The molecule has 35 valence electrons. The zero-order valence-corrected chi connectivity index (χ0v) is 9.68. The number of hydrogen-bond donors (Lipinski definition) is 0. The van der Waals surface area contributed by atoms with Crippen LogP contribution in [0, 0.1) is 0 Å². The Balaban J connectivity index is 0. The Kier molecular flexibility index (Phi) is 8.95. The summed E-state index contributed by atoms with van der Waals surface area (Å²) in [6.07, 6.45) is 2.38. The molecule has 0 fully saturated rings. The standard InChI is InChI=1S/C4H6O2.Hg/c1-2-3-4(5)6;/h2-3H,1H3,(H,5,6);/q;+1/p-1. The summed E-state index contributed by atoms with van der Waals surface area (Å²) in [4.78, 5) is 9.40. The second kappa shape index (κ2) is 6.15. The molecule has 1 radical (unpaired) electrons. The summed E-state index contributed by atoms with van der Waals surface area (Å²) in [5.74, 6) is -1.14. The first-order valence-electron chi connectivity index (χ1n) is 1.61. The van der Waals surface area contributed by atoms with Gasteiger partial charge >= 0.3 is 27.7 Å². The van der Waals surface area contributed by atoms with E-state index in [2.05, 4.69) is 0 Å². The number of carbonyl (C=O) groups excluding carboxylic acids is 1. The summed E-state index contributed by atoms with van der Waals surface area (Å²) < 4.78 is 0. The number of allylic oxidation sites excluding steroid dienone is 1. The average molecular weight is 286 g/mol. The van der Waals surface area contributed by atoms with Gasteiger partial charge in [-0.25, -0.2) is 0 Å². The third-order valence-electron chi connectivity index (χ3n) is 0.303. The van der Waals surface area contributed by atoms with Crippen molar-refractivity contribution in [3.63, 3.8) is 0 Å². The van der Waals surface area contributed by atoms with Crippen molar-refractivity contribution in [2.24, 2.45) is 0 Å². The van der Waals surface area contributed by atoms with E-state index >= 15 is 0 Å². The van der Waals surface area contributed by atoms with Crippen molar-refractivity contribution < 1.29 is 37.6 Å². The van der Waals surface area contributed by atoms with Crippen LogP contribution in [0.2, 0.25) is 0 Å². The number of carboxylic acid groups (broad SMARTS) is 1. The Morgan fingerprint density at radius 2 is 2.14 bits per heavy atom. The van der Waals surface area contributed by atoms with E-state index in [4.69, 9.17) is 0 Å². The molecule has 0 aliphatic carbocycles. The number of hydrogen-bond acceptors (Lipinski definition) is 2. The van der Waals surface area contributed by atoms with Crippen molar-refractivity contribution in [3.05, 3.63) is 12.2 Å². The zero-order valence-electron chi connectivity index (χ0n) is 4.18. The fraction of sp³-hybridized carbons (Fsp3) is 0.250. The van der Waals surface area contributed by atoms with Crippen molar-refractivity contribution in [3.8, 4) is 0 Å². The summed E-state index contributed by atoms with van der Waals surface area (Å²) in [5, 5.41) is 9.40. The number of carbonyl (C=O) groups is 1. The Morgan fingerprint density at radius 3 is 2.14 bits per heavy atom. The molecule has 0 unspecified atom stereocenters. The van der Waals surface area contributed by atoms with Crippen LogP contribution in [0.4, 0.5) is 0 Å². The normalized spacial score (nSPS) is 8.14. The van der Waals surface area contributed by atoms with Crippen molar-refractivity contribution in [2.45, 2.75) is 6.92 Å². The molecule has 0 aromatic rings. The molecule has 2 nitrogen and oxygen atoms in total. The molecule has 0 heterocycles. The fourth-order valence-electron chi connectivity index (χ4n) is 0.136. The van der Waals surface area contributed by atoms with Crippen molar-refractivity contribution >= 4 is 5.97 Å². The van der Waals surface area contributed by atoms with Gasteiger partial charge in [0, 0.05) is 0 Å². The predicted molar refractivity (Wildman–Crippen MR) is 19.8 cm³/mol. The van der Waals surface area contributed by atoms with E-state index in [0.29, 0.717) is 0 Å². The van der Waals surface area contributed by atoms with Crippen LogP contribution in [-0.4, -0.2) is 5.97 Å². The molecule has 7 heavy (non-hydrogen) atoms. The van der Waals surface area contributed by atoms with Gasteiger partial charge in [-0.1, -0.05) is 6.08 Å². The maximum absolute atomic E-state index is 9.40. The molecule has 3 heteroatoms. The summed E-state index contributed by atoms with van der Waals surface area (Å²) in [7, 11) is 0. The van der Waals surface area contributed by atoms with E-state index in [1.807, 2.05) is 0 Å². The van der Waals surface area contributed by atoms with E-state index < -0.39 is 5.97 Å². The maximum Gasteiger partial charge on any atom is 1.00 e. The van der Waals surface area contributed by atoms with Crippen LogP contribution in [0.5, 0.6) is 0 Å². The molecule has 0 amide bonds. The first-order chi connectivity index (χ1) is 2.77. The van der Waals surface area contributed by atoms with Crippen LogP contribution in [0.1, 0.15) is 6.92 Å². The summed E-state index contributed by atoms with van der Waals surface area (Å²) in [6, 6.07) is 0. The van der Waals surface area contributed by atoms with Crippen LogP contribution in [0.25, 0.3) is 0 Å². The predicted octanol–water partition coefficient (Wildman–Crippen LogP) is -0.690. The van der Waals surface area contributed by atoms with Gasteiger partial charge in [0.05, 0.1) is 5.97 Å². The Bertz CT molecular complexity index is 77.8. The third kappa shape index (κ3) is 10.7. The second-order valence-electron chi connectivity index (χ2n) is 0.819. The van der Waals surface area contributed by atoms with Gasteiger partial charge in [0.25, 0.3) is 0 Å². The van der Waals surface area contributed by atoms with E-state index in [-0.39, 0.29) is 27.7 Å². The molecule has 0 N–H and O–H groups in total. The zero-order chi connectivity index (χ0) is 4.99. The minimum Gasteiger partial charge on any atom is -0.545 e. The quantitative estimate of drug-likeness (QED) is 0.473. The molecule has 0 saturated carbocycles. The molecule has 0 spiro atoms. The molecule has 0 aliphatic heterocycles. The average Bonchev–Trinajstić information content (AvgIpc) is 1.35. The van der Waals surface area contributed by atoms with E-state index in [0.717, 1.165) is 6.08 Å². The number of rotatable bonds is 1. The van der Waals surface area contributed by atoms with E-state index in [9.17, 15) is 9.90 Å². The summed E-state index contributed by atoms with van der Waals surface area (Å²) >= 11 is 0. The topological polar surface area (TPSA) is 40.1 Å². The maximum atomic E-state index is 9.40. The van der Waals surface area contributed by atoms with Crippen LogP contribution in [0.3, 0.4) is 0 Å². The molecular formula is C4H5HgO2. The van der Waals surface area contributed by atoms with E-state index in [1.54, 1.807) is 6.92 Å². The van der Waals surface area contributed by atoms with Gasteiger partial charge in [-0.05, 0) is 13.0 Å². The largest absolute Gasteiger partial charge is 1.00 e. The Labute approximate surface area is 62.7 Å². The van der Waals surface area contributed by atoms with E-state index in [1.165, 1.54) is 6.08 Å². The Morgan fingerprint density at radius 1 is 1.71 bits per heavy atom. The molecule has 0 aromatic carbocycles. The van der Waals surface area contributed by atoms with Gasteiger partial charge < -0.3 is 9.90 Å². The van der Waals surface area contributed by atoms with Gasteiger partial charge in [0.15, 0.2) is 0 Å². The number of carboxylic acids is 1. The van der Waals surface area contributed by atoms with Crippen LogP contribution < -0.4 is 5.11 Å². The van der Waals surface area contributed by atoms with Crippen molar-refractivity contribution in [1.29, 1.82) is 0 Å². The first kappa shape index (κ1) is 10.2. The minimum absolute atomic E-state index is 0. The van der Waals surface area contributed by atoms with Crippen LogP contribution in [0.15, 0.2) is 12.2 Å². The van der Waals surface area contributed by atoms with Crippen molar-refractivity contribution in [2.75, 3.05) is 0 Å². The SMILES string of the molecule is CC=CC(=O)[O-].[Hg+]. The minimum atomic E-state index is -1.14. The monoisotopic (exact) mass is 287 g/mol. The number of aliphatic carboxylic acids is 1. The molecule has 0 bridgehead atoms. The van der Waals surface area contributed by atoms with Gasteiger partial charge in [0.2, 0.25) is 0 Å². The van der Waals surface area contributed by atoms with Crippen molar-refractivity contribution in [1.82, 2.24) is 0 Å². The summed E-state index contributed by atoms with van der Waals surface area (Å²) in [5.41, 5.74) is 0. The van der Waals surface area contributed by atoms with Gasteiger partial charge in [-0.3, -0.25) is 0 Å². The Hall–Kier alpha value is 0.145. The molecule has 0 saturated heterocycles. The van der Waals surface area contributed by atoms with Gasteiger partial charge in [0.1, 0.15) is 0 Å². The molecular weight excluding hydrogens is 281 g/mol. The first-order valence-corrected chi connectivity index (χ1v) is 1.61. The second-order valence-corrected chi connectivity index (χ2v) is 0.819. The summed E-state index contributed by atoms with van der Waals surface area (Å²) in [6.45, 7) is 1.62. The van der Waals surface area contributed by atoms with Gasteiger partial charge in [-0.2, -0.15) is 0 Å². The third-order valence-corrected chi connectivity index (χ3v) is 0.303. The van der Waals surface area contributed by atoms with Crippen LogP contribution in [-0.2, 0) is 32.5 Å². The molecule has 0 atom stereocenters. The molecule has 0 aromatic heterocycles. The van der Waals surface area contributed by atoms with Gasteiger partial charge in [-0.15, -0.1) is 0 Å². The smallest absolute Gasteiger partial charge is 0.545 e. The molecule has 0 aliphatic rings. The molecule has 0 rings (SSSR count). The van der Waals surface area contributed by atoms with Crippen LogP contribution >= 0.6 is 0 Å². The fourth-order valence-corrected chi connectivity index (χ4v) is 0.136.